The quantitative estimate of drug-likeness (QED) is 0.628. The molecule has 2 unspecified atom stereocenters. The van der Waals surface area contributed by atoms with Crippen molar-refractivity contribution in [1.29, 1.82) is 0 Å². The molecule has 0 aromatic heterocycles. The molecule has 1 saturated heterocycles. The second kappa shape index (κ2) is 6.69. The molecule has 0 amide bonds. The number of nitro benzene ring substituents is 1. The third-order valence-corrected chi connectivity index (χ3v) is 5.80. The summed E-state index contributed by atoms with van der Waals surface area (Å²) in [5.41, 5.74) is 5.44. The molecule has 1 aromatic carbocycles. The van der Waals surface area contributed by atoms with Crippen molar-refractivity contribution in [1.82, 2.24) is 4.31 Å². The van der Waals surface area contributed by atoms with Crippen molar-refractivity contribution < 1.29 is 18.1 Å². The molecular weight excluding hydrogens is 310 g/mol. The average molecular weight is 329 g/mol. The SMILES string of the molecule is COC1CCN(S(=O)(=O)c2cccc([N+](=O)[O-])c2)C(CN)C1. The summed E-state index contributed by atoms with van der Waals surface area (Å²) in [7, 11) is -2.23. The van der Waals surface area contributed by atoms with E-state index in [-0.39, 0.29) is 35.8 Å². The molecule has 2 atom stereocenters. The lowest BCUT2D eigenvalue weighted by molar-refractivity contribution is -0.385. The minimum atomic E-state index is -3.82. The first-order chi connectivity index (χ1) is 10.4. The highest BCUT2D eigenvalue weighted by atomic mass is 32.2. The van der Waals surface area contributed by atoms with Crippen LogP contribution in [0.4, 0.5) is 5.69 Å². The van der Waals surface area contributed by atoms with Gasteiger partial charge >= 0.3 is 0 Å². The number of hydrogen-bond acceptors (Lipinski definition) is 6. The predicted molar refractivity (Wildman–Crippen MR) is 79.9 cm³/mol. The van der Waals surface area contributed by atoms with Gasteiger partial charge in [-0.15, -0.1) is 0 Å². The number of nitrogens with zero attached hydrogens (tertiary/aromatic N) is 2. The van der Waals surface area contributed by atoms with Crippen molar-refractivity contribution in [2.24, 2.45) is 5.73 Å². The first kappa shape index (κ1) is 16.8. The van der Waals surface area contributed by atoms with E-state index in [9.17, 15) is 18.5 Å². The van der Waals surface area contributed by atoms with Gasteiger partial charge in [0, 0.05) is 38.4 Å². The summed E-state index contributed by atoms with van der Waals surface area (Å²) < 4.78 is 32.1. The molecule has 1 aromatic rings. The molecule has 1 fully saturated rings. The minimum Gasteiger partial charge on any atom is -0.381 e. The highest BCUT2D eigenvalue weighted by molar-refractivity contribution is 7.89. The van der Waals surface area contributed by atoms with Gasteiger partial charge in [-0.3, -0.25) is 10.1 Å². The van der Waals surface area contributed by atoms with E-state index in [1.54, 1.807) is 7.11 Å². The third-order valence-electron chi connectivity index (χ3n) is 3.85. The van der Waals surface area contributed by atoms with Crippen molar-refractivity contribution in [2.45, 2.75) is 29.9 Å². The van der Waals surface area contributed by atoms with Gasteiger partial charge in [0.2, 0.25) is 10.0 Å². The molecule has 1 aliphatic heterocycles. The van der Waals surface area contributed by atoms with Crippen LogP contribution in [-0.2, 0) is 14.8 Å². The summed E-state index contributed by atoms with van der Waals surface area (Å²) >= 11 is 0. The minimum absolute atomic E-state index is 0.0230. The highest BCUT2D eigenvalue weighted by Crippen LogP contribution is 2.27. The normalized spacial score (nSPS) is 23.4. The van der Waals surface area contributed by atoms with Gasteiger partial charge in [-0.25, -0.2) is 8.42 Å². The fourth-order valence-electron chi connectivity index (χ4n) is 2.63. The van der Waals surface area contributed by atoms with Crippen molar-refractivity contribution in [3.8, 4) is 0 Å². The number of ether oxygens (including phenoxy) is 1. The summed E-state index contributed by atoms with van der Waals surface area (Å²) in [6.45, 7) is 0.458. The first-order valence-electron chi connectivity index (χ1n) is 6.89. The van der Waals surface area contributed by atoms with Crippen LogP contribution in [0.1, 0.15) is 12.8 Å². The Bertz CT molecular complexity index is 649. The van der Waals surface area contributed by atoms with E-state index in [1.165, 1.54) is 22.5 Å². The molecule has 1 heterocycles. The van der Waals surface area contributed by atoms with Crippen molar-refractivity contribution in [3.63, 3.8) is 0 Å². The lowest BCUT2D eigenvalue weighted by Crippen LogP contribution is -2.51. The number of nitrogens with two attached hydrogens (primary N) is 1. The number of non-ortho nitro benzene ring substituents is 1. The smallest absolute Gasteiger partial charge is 0.270 e. The van der Waals surface area contributed by atoms with E-state index in [0.717, 1.165) is 6.07 Å². The molecule has 22 heavy (non-hydrogen) atoms. The number of nitro groups is 1. The second-order valence-corrected chi connectivity index (χ2v) is 7.03. The number of benzene rings is 1. The number of sulfonamides is 1. The number of rotatable bonds is 5. The molecule has 8 nitrogen and oxygen atoms in total. The summed E-state index contributed by atoms with van der Waals surface area (Å²) in [5.74, 6) is 0. The van der Waals surface area contributed by atoms with E-state index in [1.807, 2.05) is 0 Å². The molecule has 0 bridgehead atoms. The lowest BCUT2D eigenvalue weighted by atomic mass is 10.0. The van der Waals surface area contributed by atoms with Crippen molar-refractivity contribution in [2.75, 3.05) is 20.2 Å². The Morgan fingerprint density at radius 3 is 2.82 bits per heavy atom. The van der Waals surface area contributed by atoms with E-state index in [4.69, 9.17) is 10.5 Å². The molecule has 122 valence electrons. The monoisotopic (exact) mass is 329 g/mol. The molecule has 0 aliphatic carbocycles. The Morgan fingerprint density at radius 2 is 2.23 bits per heavy atom. The molecule has 0 radical (unpaired) electrons. The van der Waals surface area contributed by atoms with Crippen LogP contribution in [0.2, 0.25) is 0 Å². The van der Waals surface area contributed by atoms with Gasteiger partial charge in [0.25, 0.3) is 5.69 Å². The number of hydrogen-bond donors (Lipinski definition) is 1. The Hall–Kier alpha value is -1.55. The van der Waals surface area contributed by atoms with Crippen LogP contribution < -0.4 is 5.73 Å². The Labute approximate surface area is 129 Å². The fourth-order valence-corrected chi connectivity index (χ4v) is 4.33. The number of methoxy groups -OCH3 is 1. The zero-order valence-corrected chi connectivity index (χ0v) is 13.0. The maximum Gasteiger partial charge on any atom is 0.270 e. The number of piperidine rings is 1. The molecule has 0 saturated carbocycles. The third kappa shape index (κ3) is 3.27. The van der Waals surface area contributed by atoms with Gasteiger partial charge in [0.1, 0.15) is 0 Å². The van der Waals surface area contributed by atoms with Gasteiger partial charge in [0.15, 0.2) is 0 Å². The van der Waals surface area contributed by atoms with E-state index < -0.39 is 14.9 Å². The van der Waals surface area contributed by atoms with Gasteiger partial charge in [-0.1, -0.05) is 6.07 Å². The Balaban J connectivity index is 2.33. The summed E-state index contributed by atoms with van der Waals surface area (Å²) in [6.07, 6.45) is 1.06. The van der Waals surface area contributed by atoms with Crippen molar-refractivity contribution >= 4 is 15.7 Å². The van der Waals surface area contributed by atoms with Crippen LogP contribution in [0.15, 0.2) is 29.2 Å². The highest BCUT2D eigenvalue weighted by Gasteiger charge is 2.36. The standard InChI is InChI=1S/C13H19N3O5S/c1-21-12-5-6-15(11(7-12)9-14)22(19,20)13-4-2-3-10(8-13)16(17)18/h2-4,8,11-12H,5-7,9,14H2,1H3. The Morgan fingerprint density at radius 1 is 1.50 bits per heavy atom. The first-order valence-corrected chi connectivity index (χ1v) is 8.33. The molecule has 9 heteroatoms. The van der Waals surface area contributed by atoms with Crippen LogP contribution in [-0.4, -0.2) is 50.0 Å². The van der Waals surface area contributed by atoms with Gasteiger partial charge in [0.05, 0.1) is 15.9 Å². The van der Waals surface area contributed by atoms with Crippen molar-refractivity contribution in [3.05, 3.63) is 34.4 Å². The van der Waals surface area contributed by atoms with Crippen LogP contribution in [0, 0.1) is 10.1 Å². The maximum atomic E-state index is 12.7. The van der Waals surface area contributed by atoms with Crippen LogP contribution in [0.5, 0.6) is 0 Å². The Kier molecular flexibility index (Phi) is 5.12. The van der Waals surface area contributed by atoms with Gasteiger partial charge in [-0.05, 0) is 18.9 Å². The topological polar surface area (TPSA) is 116 Å². The van der Waals surface area contributed by atoms with Crippen LogP contribution in [0.25, 0.3) is 0 Å². The zero-order chi connectivity index (χ0) is 16.3. The van der Waals surface area contributed by atoms with Gasteiger partial charge < -0.3 is 10.5 Å². The zero-order valence-electron chi connectivity index (χ0n) is 12.2. The van der Waals surface area contributed by atoms with E-state index >= 15 is 0 Å². The van der Waals surface area contributed by atoms with Crippen LogP contribution in [0.3, 0.4) is 0 Å². The fraction of sp³-hybridized carbons (Fsp3) is 0.538. The largest absolute Gasteiger partial charge is 0.381 e. The summed E-state index contributed by atoms with van der Waals surface area (Å²) in [6, 6.07) is 4.69. The lowest BCUT2D eigenvalue weighted by Gasteiger charge is -2.37. The molecule has 2 N–H and O–H groups in total. The predicted octanol–water partition coefficient (Wildman–Crippen LogP) is 0.722. The molecule has 1 aliphatic rings. The summed E-state index contributed by atoms with van der Waals surface area (Å²) in [5, 5.41) is 10.8. The van der Waals surface area contributed by atoms with E-state index in [2.05, 4.69) is 0 Å². The van der Waals surface area contributed by atoms with Gasteiger partial charge in [-0.2, -0.15) is 4.31 Å². The molecular formula is C13H19N3O5S. The molecule has 2 rings (SSSR count). The summed E-state index contributed by atoms with van der Waals surface area (Å²) in [4.78, 5) is 10.1. The molecule has 0 spiro atoms. The maximum absolute atomic E-state index is 12.7. The van der Waals surface area contributed by atoms with Crippen LogP contribution >= 0.6 is 0 Å². The second-order valence-electron chi connectivity index (χ2n) is 5.14. The van der Waals surface area contributed by atoms with E-state index in [0.29, 0.717) is 12.8 Å². The average Bonchev–Trinajstić information content (AvgIpc) is 2.54.